The van der Waals surface area contributed by atoms with E-state index in [1.54, 1.807) is 7.11 Å². The number of carbonyl (C=O) groups is 1. The standard InChI is InChI=1S/C21H18O5/c1-23-16-9-7-15(8-10-16)20-17(11-14-5-3-2-4-6-14)19(21(22)26-20)18-12-24-13-25-18/h2-10,12,20H,11,13H2,1H3. The summed E-state index contributed by atoms with van der Waals surface area (Å²) in [5.41, 5.74) is 3.30. The molecule has 2 aliphatic heterocycles. The number of cyclic esters (lactones) is 1. The lowest BCUT2D eigenvalue weighted by Gasteiger charge is -2.15. The molecule has 4 rings (SSSR count). The van der Waals surface area contributed by atoms with Crippen molar-refractivity contribution in [1.82, 2.24) is 0 Å². The van der Waals surface area contributed by atoms with Gasteiger partial charge in [0.15, 0.2) is 5.76 Å². The molecule has 2 aromatic rings. The van der Waals surface area contributed by atoms with Gasteiger partial charge in [0.2, 0.25) is 6.79 Å². The highest BCUT2D eigenvalue weighted by Crippen LogP contribution is 2.41. The maximum Gasteiger partial charge on any atom is 0.343 e. The zero-order valence-electron chi connectivity index (χ0n) is 14.3. The fraction of sp³-hybridized carbons (Fsp3) is 0.190. The Bertz CT molecular complexity index is 865. The van der Waals surface area contributed by atoms with Crippen LogP contribution in [0.15, 0.2) is 77.8 Å². The third-order valence-corrected chi connectivity index (χ3v) is 4.44. The minimum atomic E-state index is -0.464. The summed E-state index contributed by atoms with van der Waals surface area (Å²) in [7, 11) is 1.62. The predicted octanol–water partition coefficient (Wildman–Crippen LogP) is 3.68. The molecule has 0 spiro atoms. The Balaban J connectivity index is 1.75. The van der Waals surface area contributed by atoms with E-state index < -0.39 is 12.1 Å². The minimum Gasteiger partial charge on any atom is -0.497 e. The van der Waals surface area contributed by atoms with Crippen LogP contribution in [0.3, 0.4) is 0 Å². The first-order valence-electron chi connectivity index (χ1n) is 8.33. The van der Waals surface area contributed by atoms with Gasteiger partial charge < -0.3 is 18.9 Å². The Hall–Kier alpha value is -3.21. The maximum absolute atomic E-state index is 12.6. The van der Waals surface area contributed by atoms with Crippen LogP contribution in [0, 0.1) is 0 Å². The molecular formula is C21H18O5. The molecule has 26 heavy (non-hydrogen) atoms. The molecule has 0 radical (unpaired) electrons. The van der Waals surface area contributed by atoms with Crippen LogP contribution in [0.4, 0.5) is 0 Å². The summed E-state index contributed by atoms with van der Waals surface area (Å²) in [6.45, 7) is 0.109. The van der Waals surface area contributed by atoms with E-state index in [1.807, 2.05) is 54.6 Å². The maximum atomic E-state index is 12.6. The van der Waals surface area contributed by atoms with E-state index >= 15 is 0 Å². The molecule has 5 heteroatoms. The molecule has 0 aromatic heterocycles. The normalized spacial score (nSPS) is 18.9. The van der Waals surface area contributed by atoms with Gasteiger partial charge in [0.05, 0.1) is 7.11 Å². The van der Waals surface area contributed by atoms with E-state index in [2.05, 4.69) is 0 Å². The highest BCUT2D eigenvalue weighted by molar-refractivity contribution is 5.96. The van der Waals surface area contributed by atoms with Gasteiger partial charge in [-0.2, -0.15) is 0 Å². The summed E-state index contributed by atoms with van der Waals surface area (Å²) in [5, 5.41) is 0. The van der Waals surface area contributed by atoms with Crippen molar-refractivity contribution < 1.29 is 23.7 Å². The number of esters is 1. The van der Waals surface area contributed by atoms with Crippen molar-refractivity contribution in [3.05, 3.63) is 88.9 Å². The van der Waals surface area contributed by atoms with E-state index in [1.165, 1.54) is 6.26 Å². The van der Waals surface area contributed by atoms with Crippen molar-refractivity contribution in [2.45, 2.75) is 12.5 Å². The fourth-order valence-electron chi connectivity index (χ4n) is 3.18. The van der Waals surface area contributed by atoms with Gasteiger partial charge in [-0.1, -0.05) is 42.5 Å². The Morgan fingerprint density at radius 1 is 1.08 bits per heavy atom. The summed E-state index contributed by atoms with van der Waals surface area (Å²) in [6, 6.07) is 17.5. The lowest BCUT2D eigenvalue weighted by atomic mass is 9.92. The first kappa shape index (κ1) is 16.3. The van der Waals surface area contributed by atoms with Crippen LogP contribution < -0.4 is 4.74 Å². The number of carbonyl (C=O) groups excluding carboxylic acids is 1. The molecule has 0 amide bonds. The Labute approximate surface area is 151 Å². The second-order valence-corrected chi connectivity index (χ2v) is 6.03. The lowest BCUT2D eigenvalue weighted by molar-refractivity contribution is -0.140. The molecule has 0 bridgehead atoms. The topological polar surface area (TPSA) is 54.0 Å². The van der Waals surface area contributed by atoms with Crippen LogP contribution in [0.25, 0.3) is 0 Å². The van der Waals surface area contributed by atoms with E-state index in [0.29, 0.717) is 17.8 Å². The molecule has 2 heterocycles. The summed E-state index contributed by atoms with van der Waals surface area (Å²) < 4.78 is 21.5. The summed E-state index contributed by atoms with van der Waals surface area (Å²) in [5.74, 6) is 0.785. The van der Waals surface area contributed by atoms with Gasteiger partial charge >= 0.3 is 5.97 Å². The summed E-state index contributed by atoms with van der Waals surface area (Å²) in [6.07, 6.45) is 1.59. The fourth-order valence-corrected chi connectivity index (χ4v) is 3.18. The summed E-state index contributed by atoms with van der Waals surface area (Å²) in [4.78, 5) is 12.6. The Kier molecular flexibility index (Phi) is 4.35. The SMILES string of the molecule is COc1ccc(C2OC(=O)C(C3=COCO3)=C2Cc2ccccc2)cc1. The number of methoxy groups -OCH3 is 1. The molecule has 2 aliphatic rings. The predicted molar refractivity (Wildman–Crippen MR) is 94.1 cm³/mol. The van der Waals surface area contributed by atoms with Crippen molar-refractivity contribution in [3.8, 4) is 5.75 Å². The zero-order valence-corrected chi connectivity index (χ0v) is 14.3. The molecule has 0 N–H and O–H groups in total. The van der Waals surface area contributed by atoms with Crippen LogP contribution in [-0.4, -0.2) is 19.9 Å². The minimum absolute atomic E-state index is 0.109. The molecule has 0 saturated heterocycles. The number of ether oxygens (including phenoxy) is 4. The largest absolute Gasteiger partial charge is 0.497 e. The highest BCUT2D eigenvalue weighted by atomic mass is 16.7. The molecule has 1 atom stereocenters. The van der Waals surface area contributed by atoms with Gasteiger partial charge in [0.25, 0.3) is 0 Å². The monoisotopic (exact) mass is 350 g/mol. The van der Waals surface area contributed by atoms with Crippen molar-refractivity contribution >= 4 is 5.97 Å². The van der Waals surface area contributed by atoms with E-state index in [4.69, 9.17) is 18.9 Å². The smallest absolute Gasteiger partial charge is 0.343 e. The van der Waals surface area contributed by atoms with Gasteiger partial charge in [-0.3, -0.25) is 0 Å². The quantitative estimate of drug-likeness (QED) is 0.770. The van der Waals surface area contributed by atoms with Gasteiger partial charge in [0, 0.05) is 0 Å². The molecule has 5 nitrogen and oxygen atoms in total. The van der Waals surface area contributed by atoms with Gasteiger partial charge in [0.1, 0.15) is 23.7 Å². The van der Waals surface area contributed by atoms with E-state index in [0.717, 1.165) is 22.4 Å². The molecule has 132 valence electrons. The third-order valence-electron chi connectivity index (χ3n) is 4.44. The average molecular weight is 350 g/mol. The van der Waals surface area contributed by atoms with Gasteiger partial charge in [-0.05, 0) is 35.3 Å². The van der Waals surface area contributed by atoms with Crippen molar-refractivity contribution in [2.24, 2.45) is 0 Å². The second-order valence-electron chi connectivity index (χ2n) is 6.03. The number of hydrogen-bond acceptors (Lipinski definition) is 5. The molecule has 2 aromatic carbocycles. The van der Waals surface area contributed by atoms with Crippen LogP contribution in [0.1, 0.15) is 17.2 Å². The zero-order chi connectivity index (χ0) is 17.9. The van der Waals surface area contributed by atoms with Crippen molar-refractivity contribution in [1.29, 1.82) is 0 Å². The first-order valence-corrected chi connectivity index (χ1v) is 8.33. The van der Waals surface area contributed by atoms with Crippen molar-refractivity contribution in [3.63, 3.8) is 0 Å². The third kappa shape index (κ3) is 3.04. The molecule has 0 aliphatic carbocycles. The van der Waals surface area contributed by atoms with Crippen LogP contribution >= 0.6 is 0 Å². The van der Waals surface area contributed by atoms with Crippen molar-refractivity contribution in [2.75, 3.05) is 13.9 Å². The molecule has 0 fully saturated rings. The Morgan fingerprint density at radius 2 is 1.85 bits per heavy atom. The van der Waals surface area contributed by atoms with Crippen LogP contribution in [0.2, 0.25) is 0 Å². The number of hydrogen-bond donors (Lipinski definition) is 0. The Morgan fingerprint density at radius 3 is 2.50 bits per heavy atom. The number of benzene rings is 2. The average Bonchev–Trinajstić information content (AvgIpc) is 3.31. The first-order chi connectivity index (χ1) is 12.8. The van der Waals surface area contributed by atoms with Gasteiger partial charge in [-0.15, -0.1) is 0 Å². The second kappa shape index (κ2) is 6.96. The molecule has 1 unspecified atom stereocenters. The highest BCUT2D eigenvalue weighted by Gasteiger charge is 2.38. The van der Waals surface area contributed by atoms with Crippen LogP contribution in [-0.2, 0) is 25.4 Å². The summed E-state index contributed by atoms with van der Waals surface area (Å²) >= 11 is 0. The lowest BCUT2D eigenvalue weighted by Crippen LogP contribution is -2.05. The molecular weight excluding hydrogens is 332 g/mol. The van der Waals surface area contributed by atoms with Gasteiger partial charge in [-0.25, -0.2) is 4.79 Å². The molecule has 0 saturated carbocycles. The number of rotatable bonds is 5. The van der Waals surface area contributed by atoms with E-state index in [9.17, 15) is 4.79 Å². The van der Waals surface area contributed by atoms with Crippen LogP contribution in [0.5, 0.6) is 5.75 Å². The van der Waals surface area contributed by atoms with E-state index in [-0.39, 0.29) is 6.79 Å².